The molecule has 104 valence electrons. The molecule has 19 heavy (non-hydrogen) atoms. The highest BCUT2D eigenvalue weighted by atomic mass is 16.5. The SMILES string of the molecule is CCNc1ncccc1C(=O)NCCC1CCOC1. The largest absolute Gasteiger partial charge is 0.381 e. The number of rotatable bonds is 6. The number of carbonyl (C=O) groups is 1. The number of pyridine rings is 1. The quantitative estimate of drug-likeness (QED) is 0.819. The normalized spacial score (nSPS) is 18.3. The molecule has 1 amide bonds. The molecular formula is C14H21N3O2. The molecular weight excluding hydrogens is 242 g/mol. The number of anilines is 1. The van der Waals surface area contributed by atoms with Crippen LogP contribution in [-0.2, 0) is 4.74 Å². The van der Waals surface area contributed by atoms with E-state index in [-0.39, 0.29) is 5.91 Å². The van der Waals surface area contributed by atoms with E-state index in [0.29, 0.717) is 23.8 Å². The van der Waals surface area contributed by atoms with Crippen LogP contribution in [0.15, 0.2) is 18.3 Å². The highest BCUT2D eigenvalue weighted by Gasteiger charge is 2.16. The Morgan fingerprint density at radius 1 is 1.58 bits per heavy atom. The van der Waals surface area contributed by atoms with Gasteiger partial charge in [0.1, 0.15) is 5.82 Å². The van der Waals surface area contributed by atoms with Gasteiger partial charge in [-0.15, -0.1) is 0 Å². The molecule has 0 saturated carbocycles. The molecule has 1 fully saturated rings. The predicted molar refractivity (Wildman–Crippen MR) is 74.3 cm³/mol. The van der Waals surface area contributed by atoms with Crippen molar-refractivity contribution in [2.75, 3.05) is 31.6 Å². The van der Waals surface area contributed by atoms with E-state index < -0.39 is 0 Å². The number of nitrogens with zero attached hydrogens (tertiary/aromatic N) is 1. The smallest absolute Gasteiger partial charge is 0.255 e. The fraction of sp³-hybridized carbons (Fsp3) is 0.571. The molecule has 1 aliphatic heterocycles. The van der Waals surface area contributed by atoms with E-state index in [1.54, 1.807) is 18.3 Å². The molecule has 5 heteroatoms. The van der Waals surface area contributed by atoms with Crippen LogP contribution in [-0.4, -0.2) is 37.2 Å². The maximum absolute atomic E-state index is 12.1. The molecule has 1 aromatic heterocycles. The van der Waals surface area contributed by atoms with Crippen molar-refractivity contribution in [1.82, 2.24) is 10.3 Å². The van der Waals surface area contributed by atoms with Gasteiger partial charge in [0, 0.05) is 32.5 Å². The molecule has 0 bridgehead atoms. The number of aromatic nitrogens is 1. The second-order valence-corrected chi connectivity index (χ2v) is 4.70. The number of ether oxygens (including phenoxy) is 1. The van der Waals surface area contributed by atoms with Gasteiger partial charge in [0.25, 0.3) is 5.91 Å². The minimum atomic E-state index is -0.0667. The molecule has 2 rings (SSSR count). The van der Waals surface area contributed by atoms with Crippen molar-refractivity contribution in [3.63, 3.8) is 0 Å². The second kappa shape index (κ2) is 7.09. The summed E-state index contributed by atoms with van der Waals surface area (Å²) in [5.41, 5.74) is 0.604. The van der Waals surface area contributed by atoms with Crippen LogP contribution in [0.3, 0.4) is 0 Å². The maximum atomic E-state index is 12.1. The molecule has 1 saturated heterocycles. The summed E-state index contributed by atoms with van der Waals surface area (Å²) in [5.74, 6) is 1.16. The number of hydrogen-bond donors (Lipinski definition) is 2. The molecule has 1 aromatic rings. The zero-order valence-electron chi connectivity index (χ0n) is 11.3. The summed E-state index contributed by atoms with van der Waals surface area (Å²) in [6, 6.07) is 3.57. The zero-order chi connectivity index (χ0) is 13.5. The van der Waals surface area contributed by atoms with Crippen molar-refractivity contribution in [3.05, 3.63) is 23.9 Å². The molecule has 0 spiro atoms. The van der Waals surface area contributed by atoms with Gasteiger partial charge in [-0.1, -0.05) is 0 Å². The Bertz CT molecular complexity index is 417. The van der Waals surface area contributed by atoms with Gasteiger partial charge in [-0.2, -0.15) is 0 Å². The lowest BCUT2D eigenvalue weighted by atomic mass is 10.1. The highest BCUT2D eigenvalue weighted by Crippen LogP contribution is 2.15. The lowest BCUT2D eigenvalue weighted by Gasteiger charge is -2.11. The summed E-state index contributed by atoms with van der Waals surface area (Å²) in [6.45, 7) is 5.09. The van der Waals surface area contributed by atoms with Gasteiger partial charge in [-0.25, -0.2) is 4.98 Å². The van der Waals surface area contributed by atoms with Gasteiger partial charge in [0.05, 0.1) is 5.56 Å². The van der Waals surface area contributed by atoms with Crippen molar-refractivity contribution in [3.8, 4) is 0 Å². The van der Waals surface area contributed by atoms with Gasteiger partial charge in [0.2, 0.25) is 0 Å². The first-order valence-corrected chi connectivity index (χ1v) is 6.86. The van der Waals surface area contributed by atoms with Crippen LogP contribution in [0, 0.1) is 5.92 Å². The summed E-state index contributed by atoms with van der Waals surface area (Å²) >= 11 is 0. The average Bonchev–Trinajstić information content (AvgIpc) is 2.93. The van der Waals surface area contributed by atoms with Crippen LogP contribution in [0.5, 0.6) is 0 Å². The second-order valence-electron chi connectivity index (χ2n) is 4.70. The molecule has 0 radical (unpaired) electrons. The highest BCUT2D eigenvalue weighted by molar-refractivity contribution is 5.98. The van der Waals surface area contributed by atoms with Gasteiger partial charge < -0.3 is 15.4 Å². The van der Waals surface area contributed by atoms with Crippen molar-refractivity contribution in [2.45, 2.75) is 19.8 Å². The first-order valence-electron chi connectivity index (χ1n) is 6.86. The summed E-state index contributed by atoms with van der Waals surface area (Å²) in [6.07, 6.45) is 3.76. The van der Waals surface area contributed by atoms with E-state index in [1.165, 1.54) is 0 Å². The van der Waals surface area contributed by atoms with Crippen LogP contribution < -0.4 is 10.6 Å². The topological polar surface area (TPSA) is 63.2 Å². The van der Waals surface area contributed by atoms with Gasteiger partial charge in [0.15, 0.2) is 0 Å². The standard InChI is InChI=1S/C14H21N3O2/c1-2-15-13-12(4-3-7-16-13)14(18)17-8-5-11-6-9-19-10-11/h3-4,7,11H,2,5-6,8-10H2,1H3,(H,15,16)(H,17,18). The Kier molecular flexibility index (Phi) is 5.15. The first kappa shape index (κ1) is 13.8. The first-order chi connectivity index (χ1) is 9.31. The Labute approximate surface area is 113 Å². The number of carbonyl (C=O) groups excluding carboxylic acids is 1. The number of nitrogens with one attached hydrogen (secondary N) is 2. The van der Waals surface area contributed by atoms with Crippen molar-refractivity contribution < 1.29 is 9.53 Å². The number of hydrogen-bond acceptors (Lipinski definition) is 4. The van der Waals surface area contributed by atoms with Crippen LogP contribution in [0.2, 0.25) is 0 Å². The average molecular weight is 263 g/mol. The van der Waals surface area contributed by atoms with E-state index >= 15 is 0 Å². The lowest BCUT2D eigenvalue weighted by Crippen LogP contribution is -2.27. The summed E-state index contributed by atoms with van der Waals surface area (Å²) in [5, 5.41) is 6.05. The Morgan fingerprint density at radius 3 is 3.21 bits per heavy atom. The van der Waals surface area contributed by atoms with Crippen LogP contribution in [0.4, 0.5) is 5.82 Å². The fourth-order valence-electron chi connectivity index (χ4n) is 2.19. The van der Waals surface area contributed by atoms with Crippen LogP contribution in [0.1, 0.15) is 30.1 Å². The third kappa shape index (κ3) is 3.92. The maximum Gasteiger partial charge on any atom is 0.255 e. The molecule has 0 aromatic carbocycles. The fourth-order valence-corrected chi connectivity index (χ4v) is 2.19. The van der Waals surface area contributed by atoms with E-state index in [0.717, 1.165) is 32.6 Å². The minimum Gasteiger partial charge on any atom is -0.381 e. The van der Waals surface area contributed by atoms with E-state index in [1.807, 2.05) is 6.92 Å². The van der Waals surface area contributed by atoms with E-state index in [4.69, 9.17) is 4.74 Å². The van der Waals surface area contributed by atoms with Gasteiger partial charge in [-0.05, 0) is 37.8 Å². The van der Waals surface area contributed by atoms with Gasteiger partial charge >= 0.3 is 0 Å². The monoisotopic (exact) mass is 263 g/mol. The molecule has 1 aliphatic rings. The Balaban J connectivity index is 1.84. The van der Waals surface area contributed by atoms with E-state index in [2.05, 4.69) is 15.6 Å². The lowest BCUT2D eigenvalue weighted by molar-refractivity contribution is 0.0951. The van der Waals surface area contributed by atoms with Crippen molar-refractivity contribution in [1.29, 1.82) is 0 Å². The predicted octanol–water partition coefficient (Wildman–Crippen LogP) is 1.67. The molecule has 1 atom stereocenters. The zero-order valence-corrected chi connectivity index (χ0v) is 11.3. The minimum absolute atomic E-state index is 0.0667. The Hall–Kier alpha value is -1.62. The summed E-state index contributed by atoms with van der Waals surface area (Å²) < 4.78 is 5.32. The van der Waals surface area contributed by atoms with E-state index in [9.17, 15) is 4.79 Å². The summed E-state index contributed by atoms with van der Waals surface area (Å²) in [7, 11) is 0. The molecule has 1 unspecified atom stereocenters. The van der Waals surface area contributed by atoms with Crippen LogP contribution >= 0.6 is 0 Å². The third-order valence-corrected chi connectivity index (χ3v) is 3.26. The molecule has 5 nitrogen and oxygen atoms in total. The van der Waals surface area contributed by atoms with Crippen molar-refractivity contribution >= 4 is 11.7 Å². The Morgan fingerprint density at radius 2 is 2.47 bits per heavy atom. The molecule has 2 N–H and O–H groups in total. The van der Waals surface area contributed by atoms with Crippen LogP contribution in [0.25, 0.3) is 0 Å². The third-order valence-electron chi connectivity index (χ3n) is 3.26. The number of amides is 1. The summed E-state index contributed by atoms with van der Waals surface area (Å²) in [4.78, 5) is 16.3. The van der Waals surface area contributed by atoms with Crippen molar-refractivity contribution in [2.24, 2.45) is 5.92 Å². The molecule has 2 heterocycles. The van der Waals surface area contributed by atoms with Gasteiger partial charge in [-0.3, -0.25) is 4.79 Å². The molecule has 0 aliphatic carbocycles.